The first-order valence-corrected chi connectivity index (χ1v) is 8.21. The van der Waals surface area contributed by atoms with Gasteiger partial charge in [0.05, 0.1) is 0 Å². The number of nitrogens with one attached hydrogen (secondary N) is 1. The molecule has 0 fully saturated rings. The van der Waals surface area contributed by atoms with E-state index in [-0.39, 0.29) is 17.5 Å². The monoisotopic (exact) mass is 293 g/mol. The van der Waals surface area contributed by atoms with Gasteiger partial charge in [-0.05, 0) is 49.9 Å². The van der Waals surface area contributed by atoms with Gasteiger partial charge in [-0.25, -0.2) is 4.39 Å². The predicted molar refractivity (Wildman–Crippen MR) is 85.2 cm³/mol. The van der Waals surface area contributed by atoms with Gasteiger partial charge >= 0.3 is 0 Å². The largest absolute Gasteiger partial charge is 0.487 e. The van der Waals surface area contributed by atoms with Gasteiger partial charge in [0.2, 0.25) is 0 Å². The summed E-state index contributed by atoms with van der Waals surface area (Å²) in [4.78, 5) is 0. The summed E-state index contributed by atoms with van der Waals surface area (Å²) in [5, 5.41) is 3.61. The van der Waals surface area contributed by atoms with Gasteiger partial charge in [-0.15, -0.1) is 0 Å². The third-order valence-corrected chi connectivity index (χ3v) is 4.65. The molecule has 0 aromatic heterocycles. The van der Waals surface area contributed by atoms with Gasteiger partial charge in [-0.1, -0.05) is 27.7 Å². The maximum atomic E-state index is 13.6. The summed E-state index contributed by atoms with van der Waals surface area (Å²) in [5.41, 5.74) is 0.844. The lowest BCUT2D eigenvalue weighted by atomic mass is 9.83. The molecule has 1 aliphatic heterocycles. The van der Waals surface area contributed by atoms with Crippen LogP contribution in [0.1, 0.15) is 65.0 Å². The number of halogens is 1. The SMILES string of the molecule is CCC1(CC)CC(NCCC(C)C)c2cc(F)ccc2O1. The highest BCUT2D eigenvalue weighted by molar-refractivity contribution is 5.39. The van der Waals surface area contributed by atoms with E-state index in [0.717, 1.165) is 43.5 Å². The Bertz CT molecular complexity index is 468. The van der Waals surface area contributed by atoms with Gasteiger partial charge in [-0.2, -0.15) is 0 Å². The minimum absolute atomic E-state index is 0.125. The van der Waals surface area contributed by atoms with Gasteiger partial charge in [-0.3, -0.25) is 0 Å². The first kappa shape index (κ1) is 16.3. The number of rotatable bonds is 6. The van der Waals surface area contributed by atoms with Crippen LogP contribution in [0.4, 0.5) is 4.39 Å². The average Bonchev–Trinajstić information content (AvgIpc) is 2.47. The first-order chi connectivity index (χ1) is 9.99. The summed E-state index contributed by atoms with van der Waals surface area (Å²) in [6, 6.07) is 5.08. The maximum absolute atomic E-state index is 13.6. The van der Waals surface area contributed by atoms with Crippen LogP contribution < -0.4 is 10.1 Å². The van der Waals surface area contributed by atoms with Crippen molar-refractivity contribution in [1.82, 2.24) is 5.32 Å². The van der Waals surface area contributed by atoms with Crippen molar-refractivity contribution in [1.29, 1.82) is 0 Å². The van der Waals surface area contributed by atoms with E-state index in [1.54, 1.807) is 12.1 Å². The minimum atomic E-state index is -0.187. The van der Waals surface area contributed by atoms with Crippen LogP contribution in [0.3, 0.4) is 0 Å². The van der Waals surface area contributed by atoms with E-state index in [1.165, 1.54) is 6.07 Å². The Balaban J connectivity index is 2.22. The fourth-order valence-electron chi connectivity index (χ4n) is 3.05. The van der Waals surface area contributed by atoms with E-state index >= 15 is 0 Å². The van der Waals surface area contributed by atoms with Crippen LogP contribution in [0.2, 0.25) is 0 Å². The van der Waals surface area contributed by atoms with Gasteiger partial charge in [0.25, 0.3) is 0 Å². The number of fused-ring (bicyclic) bond motifs is 1. The van der Waals surface area contributed by atoms with Gasteiger partial charge in [0.15, 0.2) is 0 Å². The van der Waals surface area contributed by atoms with Crippen LogP contribution in [-0.2, 0) is 0 Å². The van der Waals surface area contributed by atoms with Crippen LogP contribution in [0.5, 0.6) is 5.75 Å². The van der Waals surface area contributed by atoms with Crippen molar-refractivity contribution < 1.29 is 9.13 Å². The molecule has 0 saturated heterocycles. The summed E-state index contributed by atoms with van der Waals surface area (Å²) >= 11 is 0. The number of hydrogen-bond donors (Lipinski definition) is 1. The molecule has 0 radical (unpaired) electrons. The molecule has 1 aliphatic rings. The Labute approximate surface area is 128 Å². The Morgan fingerprint density at radius 1 is 1.33 bits per heavy atom. The molecule has 21 heavy (non-hydrogen) atoms. The smallest absolute Gasteiger partial charge is 0.125 e. The van der Waals surface area contributed by atoms with Gasteiger partial charge in [0.1, 0.15) is 17.2 Å². The Kier molecular flexibility index (Phi) is 5.26. The van der Waals surface area contributed by atoms with Crippen LogP contribution in [-0.4, -0.2) is 12.1 Å². The normalized spacial score (nSPS) is 20.2. The van der Waals surface area contributed by atoms with Crippen molar-refractivity contribution in [2.75, 3.05) is 6.54 Å². The Morgan fingerprint density at radius 2 is 2.05 bits per heavy atom. The van der Waals surface area contributed by atoms with Crippen molar-refractivity contribution in [2.45, 2.75) is 65.0 Å². The average molecular weight is 293 g/mol. The van der Waals surface area contributed by atoms with Crippen molar-refractivity contribution >= 4 is 0 Å². The molecule has 1 aromatic carbocycles. The third-order valence-electron chi connectivity index (χ3n) is 4.65. The molecule has 1 heterocycles. The summed E-state index contributed by atoms with van der Waals surface area (Å²) in [6.45, 7) is 9.75. The predicted octanol–water partition coefficient (Wildman–Crippen LogP) is 4.84. The topological polar surface area (TPSA) is 21.3 Å². The lowest BCUT2D eigenvalue weighted by Gasteiger charge is -2.42. The summed E-state index contributed by atoms with van der Waals surface area (Å²) in [7, 11) is 0. The molecule has 2 nitrogen and oxygen atoms in total. The minimum Gasteiger partial charge on any atom is -0.487 e. The second-order valence-corrected chi connectivity index (χ2v) is 6.57. The summed E-state index contributed by atoms with van der Waals surface area (Å²) in [5.74, 6) is 1.33. The fraction of sp³-hybridized carbons (Fsp3) is 0.667. The van der Waals surface area contributed by atoms with E-state index in [1.807, 2.05) is 0 Å². The highest BCUT2D eigenvalue weighted by Crippen LogP contribution is 2.42. The standard InChI is InChI=1S/C18H28FNO/c1-5-18(6-2)12-16(20-10-9-13(3)4)15-11-14(19)7-8-17(15)21-18/h7-8,11,13,16,20H,5-6,9-10,12H2,1-4H3. The molecule has 0 saturated carbocycles. The lowest BCUT2D eigenvalue weighted by molar-refractivity contribution is 0.0225. The van der Waals surface area contributed by atoms with Crippen LogP contribution >= 0.6 is 0 Å². The molecule has 2 rings (SSSR count). The first-order valence-electron chi connectivity index (χ1n) is 8.21. The molecule has 1 N–H and O–H groups in total. The number of hydrogen-bond acceptors (Lipinski definition) is 2. The highest BCUT2D eigenvalue weighted by Gasteiger charge is 2.38. The van der Waals surface area contributed by atoms with Crippen molar-refractivity contribution in [3.8, 4) is 5.75 Å². The van der Waals surface area contributed by atoms with E-state index in [4.69, 9.17) is 4.74 Å². The maximum Gasteiger partial charge on any atom is 0.125 e. The van der Waals surface area contributed by atoms with E-state index < -0.39 is 0 Å². The molecule has 0 amide bonds. The van der Waals surface area contributed by atoms with Crippen LogP contribution in [0.15, 0.2) is 18.2 Å². The zero-order valence-corrected chi connectivity index (χ0v) is 13.7. The molecule has 1 aromatic rings. The Hall–Kier alpha value is -1.09. The molecule has 118 valence electrons. The van der Waals surface area contributed by atoms with Gasteiger partial charge in [0, 0.05) is 18.0 Å². The zero-order chi connectivity index (χ0) is 15.5. The van der Waals surface area contributed by atoms with Crippen molar-refractivity contribution in [2.24, 2.45) is 5.92 Å². The third kappa shape index (κ3) is 3.76. The van der Waals surface area contributed by atoms with E-state index in [0.29, 0.717) is 5.92 Å². The zero-order valence-electron chi connectivity index (χ0n) is 13.7. The molecule has 0 bridgehead atoms. The molecular formula is C18H28FNO. The fourth-order valence-corrected chi connectivity index (χ4v) is 3.05. The molecule has 3 heteroatoms. The molecule has 1 atom stereocenters. The Morgan fingerprint density at radius 3 is 2.67 bits per heavy atom. The van der Waals surface area contributed by atoms with Crippen molar-refractivity contribution in [3.63, 3.8) is 0 Å². The van der Waals surface area contributed by atoms with E-state index in [2.05, 4.69) is 33.0 Å². The summed E-state index contributed by atoms with van der Waals surface area (Å²) < 4.78 is 19.8. The second-order valence-electron chi connectivity index (χ2n) is 6.57. The van der Waals surface area contributed by atoms with Crippen molar-refractivity contribution in [3.05, 3.63) is 29.6 Å². The molecule has 1 unspecified atom stereocenters. The quantitative estimate of drug-likeness (QED) is 0.810. The number of ether oxygens (including phenoxy) is 1. The van der Waals surface area contributed by atoms with E-state index in [9.17, 15) is 4.39 Å². The second kappa shape index (κ2) is 6.78. The molecule has 0 spiro atoms. The lowest BCUT2D eigenvalue weighted by Crippen LogP contribution is -2.43. The number of benzene rings is 1. The molecular weight excluding hydrogens is 265 g/mol. The highest BCUT2D eigenvalue weighted by atomic mass is 19.1. The summed E-state index contributed by atoms with van der Waals surface area (Å²) in [6.07, 6.45) is 3.99. The van der Waals surface area contributed by atoms with Gasteiger partial charge < -0.3 is 10.1 Å². The van der Waals surface area contributed by atoms with Crippen LogP contribution in [0.25, 0.3) is 0 Å². The molecule has 0 aliphatic carbocycles. The van der Waals surface area contributed by atoms with Crippen LogP contribution in [0, 0.1) is 11.7 Å².